The molecule has 0 aromatic carbocycles. The maximum atomic E-state index is 4.28. The van der Waals surface area contributed by atoms with Crippen molar-refractivity contribution >= 4 is 5.65 Å². The van der Waals surface area contributed by atoms with Crippen molar-refractivity contribution < 1.29 is 0 Å². The molecule has 1 saturated carbocycles. The Morgan fingerprint density at radius 1 is 1.14 bits per heavy atom. The van der Waals surface area contributed by atoms with Crippen molar-refractivity contribution in [2.24, 2.45) is 11.3 Å². The van der Waals surface area contributed by atoms with Crippen LogP contribution < -0.4 is 5.32 Å². The van der Waals surface area contributed by atoms with Gasteiger partial charge in [-0.2, -0.15) is 0 Å². The molecular formula is C17H26N4. The van der Waals surface area contributed by atoms with Crippen molar-refractivity contribution in [1.82, 2.24) is 19.9 Å². The molecule has 2 aromatic heterocycles. The first-order valence-electron chi connectivity index (χ1n) is 8.06. The van der Waals surface area contributed by atoms with Crippen molar-refractivity contribution in [2.45, 2.75) is 59.0 Å². The predicted octanol–water partition coefficient (Wildman–Crippen LogP) is 3.42. The molecule has 0 bridgehead atoms. The highest BCUT2D eigenvalue weighted by atomic mass is 15.3. The Morgan fingerprint density at radius 2 is 1.90 bits per heavy atom. The lowest BCUT2D eigenvalue weighted by molar-refractivity contribution is 0.159. The highest BCUT2D eigenvalue weighted by Gasteiger charge is 2.29. The molecule has 1 aliphatic rings. The lowest BCUT2D eigenvalue weighted by Crippen LogP contribution is -2.36. The molecule has 4 heteroatoms. The van der Waals surface area contributed by atoms with Gasteiger partial charge in [0.2, 0.25) is 0 Å². The second kappa shape index (κ2) is 5.76. The Labute approximate surface area is 127 Å². The first kappa shape index (κ1) is 14.5. The summed E-state index contributed by atoms with van der Waals surface area (Å²) in [5, 5.41) is 12.1. The van der Waals surface area contributed by atoms with Crippen molar-refractivity contribution in [1.29, 1.82) is 0 Å². The molecule has 2 heterocycles. The topological polar surface area (TPSA) is 42.2 Å². The molecular weight excluding hydrogens is 260 g/mol. The van der Waals surface area contributed by atoms with E-state index in [0.29, 0.717) is 11.5 Å². The highest BCUT2D eigenvalue weighted by Crippen LogP contribution is 2.37. The smallest absolute Gasteiger partial charge is 0.160 e. The fourth-order valence-corrected chi connectivity index (χ4v) is 3.41. The van der Waals surface area contributed by atoms with E-state index in [4.69, 9.17) is 0 Å². The lowest BCUT2D eigenvalue weighted by atomic mass is 9.71. The summed E-state index contributed by atoms with van der Waals surface area (Å²) in [7, 11) is 0. The largest absolute Gasteiger partial charge is 0.307 e. The number of hydrogen-bond donors (Lipinski definition) is 1. The van der Waals surface area contributed by atoms with E-state index in [2.05, 4.69) is 40.7 Å². The van der Waals surface area contributed by atoms with Gasteiger partial charge in [-0.25, -0.2) is 0 Å². The minimum atomic E-state index is 0.453. The fraction of sp³-hybridized carbons (Fsp3) is 0.647. The third-order valence-electron chi connectivity index (χ3n) is 4.89. The SMILES string of the molecule is CC(C)(C)C1CCC(NCc2nnc3ccccn23)CC1. The highest BCUT2D eigenvalue weighted by molar-refractivity contribution is 5.36. The first-order valence-corrected chi connectivity index (χ1v) is 8.06. The molecule has 3 rings (SSSR count). The monoisotopic (exact) mass is 286 g/mol. The Morgan fingerprint density at radius 3 is 2.62 bits per heavy atom. The van der Waals surface area contributed by atoms with Gasteiger partial charge in [0.15, 0.2) is 11.5 Å². The van der Waals surface area contributed by atoms with Gasteiger partial charge in [-0.05, 0) is 49.1 Å². The van der Waals surface area contributed by atoms with Crippen LogP contribution in [0, 0.1) is 11.3 Å². The van der Waals surface area contributed by atoms with Crippen molar-refractivity contribution in [3.05, 3.63) is 30.2 Å². The summed E-state index contributed by atoms with van der Waals surface area (Å²) in [4.78, 5) is 0. The third kappa shape index (κ3) is 3.26. The van der Waals surface area contributed by atoms with Crippen LogP contribution in [-0.4, -0.2) is 20.6 Å². The van der Waals surface area contributed by atoms with Gasteiger partial charge in [-0.1, -0.05) is 26.8 Å². The quantitative estimate of drug-likeness (QED) is 0.940. The minimum Gasteiger partial charge on any atom is -0.307 e. The number of nitrogens with zero attached hydrogens (tertiary/aromatic N) is 3. The molecule has 21 heavy (non-hydrogen) atoms. The van der Waals surface area contributed by atoms with Crippen LogP contribution in [0.1, 0.15) is 52.3 Å². The van der Waals surface area contributed by atoms with E-state index in [1.807, 2.05) is 24.4 Å². The van der Waals surface area contributed by atoms with Crippen LogP contribution in [0.25, 0.3) is 5.65 Å². The summed E-state index contributed by atoms with van der Waals surface area (Å²) < 4.78 is 2.06. The summed E-state index contributed by atoms with van der Waals surface area (Å²) in [6, 6.07) is 6.63. The lowest BCUT2D eigenvalue weighted by Gasteiger charge is -2.37. The van der Waals surface area contributed by atoms with Gasteiger partial charge in [0.25, 0.3) is 0 Å². The summed E-state index contributed by atoms with van der Waals surface area (Å²) in [5.41, 5.74) is 1.37. The summed E-state index contributed by atoms with van der Waals surface area (Å²) in [5.74, 6) is 1.87. The average molecular weight is 286 g/mol. The Balaban J connectivity index is 1.55. The van der Waals surface area contributed by atoms with Gasteiger partial charge in [-0.15, -0.1) is 10.2 Å². The summed E-state index contributed by atoms with van der Waals surface area (Å²) in [6.07, 6.45) is 7.25. The first-order chi connectivity index (χ1) is 10.0. The molecule has 0 aliphatic heterocycles. The predicted molar refractivity (Wildman–Crippen MR) is 85.0 cm³/mol. The standard InChI is InChI=1S/C17H26N4/c1-17(2,3)13-7-9-14(10-8-13)18-12-16-20-19-15-6-4-5-11-21(15)16/h4-6,11,13-14,18H,7-10,12H2,1-3H3. The van der Waals surface area contributed by atoms with Crippen LogP contribution in [0.5, 0.6) is 0 Å². The maximum Gasteiger partial charge on any atom is 0.160 e. The Bertz CT molecular complexity index is 588. The second-order valence-electron chi connectivity index (χ2n) is 7.34. The molecule has 0 radical (unpaired) electrons. The fourth-order valence-electron chi connectivity index (χ4n) is 3.41. The molecule has 2 aromatic rings. The van der Waals surface area contributed by atoms with Crippen LogP contribution in [0.4, 0.5) is 0 Å². The average Bonchev–Trinajstić information content (AvgIpc) is 2.88. The van der Waals surface area contributed by atoms with Crippen LogP contribution in [0.3, 0.4) is 0 Å². The van der Waals surface area contributed by atoms with Gasteiger partial charge in [-0.3, -0.25) is 4.40 Å². The van der Waals surface area contributed by atoms with Gasteiger partial charge in [0.1, 0.15) is 0 Å². The minimum absolute atomic E-state index is 0.453. The van der Waals surface area contributed by atoms with E-state index in [1.165, 1.54) is 25.7 Å². The zero-order chi connectivity index (χ0) is 14.9. The third-order valence-corrected chi connectivity index (χ3v) is 4.89. The number of rotatable bonds is 3. The normalized spacial score (nSPS) is 23.6. The van der Waals surface area contributed by atoms with Gasteiger partial charge < -0.3 is 5.32 Å². The number of pyridine rings is 1. The van der Waals surface area contributed by atoms with Crippen molar-refractivity contribution in [2.75, 3.05) is 0 Å². The van der Waals surface area contributed by atoms with Crippen LogP contribution in [0.2, 0.25) is 0 Å². The zero-order valence-electron chi connectivity index (χ0n) is 13.3. The molecule has 0 spiro atoms. The molecule has 1 aliphatic carbocycles. The van der Waals surface area contributed by atoms with Gasteiger partial charge in [0.05, 0.1) is 6.54 Å². The van der Waals surface area contributed by atoms with E-state index in [1.54, 1.807) is 0 Å². The molecule has 0 amide bonds. The maximum absolute atomic E-state index is 4.28. The van der Waals surface area contributed by atoms with Crippen LogP contribution >= 0.6 is 0 Å². The van der Waals surface area contributed by atoms with Gasteiger partial charge >= 0.3 is 0 Å². The van der Waals surface area contributed by atoms with E-state index >= 15 is 0 Å². The van der Waals surface area contributed by atoms with Crippen molar-refractivity contribution in [3.63, 3.8) is 0 Å². The van der Waals surface area contributed by atoms with Gasteiger partial charge in [0, 0.05) is 12.2 Å². The summed E-state index contributed by atoms with van der Waals surface area (Å²) in [6.45, 7) is 7.91. The number of nitrogens with one attached hydrogen (secondary N) is 1. The van der Waals surface area contributed by atoms with E-state index in [0.717, 1.165) is 23.9 Å². The van der Waals surface area contributed by atoms with Crippen LogP contribution in [-0.2, 0) is 6.54 Å². The van der Waals surface area contributed by atoms with E-state index < -0.39 is 0 Å². The Kier molecular flexibility index (Phi) is 3.98. The van der Waals surface area contributed by atoms with E-state index in [-0.39, 0.29) is 0 Å². The number of fused-ring (bicyclic) bond motifs is 1. The molecule has 0 unspecified atom stereocenters. The molecule has 0 saturated heterocycles. The molecule has 1 N–H and O–H groups in total. The second-order valence-corrected chi connectivity index (χ2v) is 7.34. The molecule has 114 valence electrons. The van der Waals surface area contributed by atoms with Crippen LogP contribution in [0.15, 0.2) is 24.4 Å². The molecule has 4 nitrogen and oxygen atoms in total. The summed E-state index contributed by atoms with van der Waals surface area (Å²) >= 11 is 0. The molecule has 1 fully saturated rings. The Hall–Kier alpha value is -1.42. The van der Waals surface area contributed by atoms with Crippen molar-refractivity contribution in [3.8, 4) is 0 Å². The number of aromatic nitrogens is 3. The zero-order valence-corrected chi connectivity index (χ0v) is 13.3. The molecule has 0 atom stereocenters. The van der Waals surface area contributed by atoms with E-state index in [9.17, 15) is 0 Å². The number of hydrogen-bond acceptors (Lipinski definition) is 3.